The van der Waals surface area contributed by atoms with Gasteiger partial charge in [-0.1, -0.05) is 17.3 Å². The van der Waals surface area contributed by atoms with E-state index in [4.69, 9.17) is 9.26 Å². The number of nitrogens with one attached hydrogen (secondary N) is 2. The highest BCUT2D eigenvalue weighted by molar-refractivity contribution is 6.03. The van der Waals surface area contributed by atoms with Gasteiger partial charge in [-0.3, -0.25) is 10.1 Å². The lowest BCUT2D eigenvalue weighted by atomic mass is 10.1. The van der Waals surface area contributed by atoms with Crippen LogP contribution >= 0.6 is 0 Å². The number of aromatic nitrogens is 1. The first-order valence-electron chi connectivity index (χ1n) is 8.55. The molecule has 2 amide bonds. The number of carbonyl (C=O) groups is 2. The second kappa shape index (κ2) is 6.82. The minimum Gasteiger partial charge on any atom is -0.444 e. The predicted molar refractivity (Wildman–Crippen MR) is 96.2 cm³/mol. The van der Waals surface area contributed by atoms with Gasteiger partial charge >= 0.3 is 6.09 Å². The number of amides is 2. The van der Waals surface area contributed by atoms with Crippen LogP contribution in [0.25, 0.3) is 0 Å². The molecule has 0 bridgehead atoms. The lowest BCUT2D eigenvalue weighted by Crippen LogP contribution is -2.34. The average molecular weight is 357 g/mol. The van der Waals surface area contributed by atoms with Crippen molar-refractivity contribution in [2.75, 3.05) is 5.32 Å². The summed E-state index contributed by atoms with van der Waals surface area (Å²) in [5.41, 5.74) is 1.71. The maximum Gasteiger partial charge on any atom is 0.407 e. The van der Waals surface area contributed by atoms with E-state index in [2.05, 4.69) is 15.8 Å². The van der Waals surface area contributed by atoms with Crippen molar-refractivity contribution >= 4 is 17.9 Å². The van der Waals surface area contributed by atoms with Gasteiger partial charge in [0.15, 0.2) is 0 Å². The van der Waals surface area contributed by atoms with E-state index in [1.807, 2.05) is 39.0 Å². The number of carbonyl (C=O) groups excluding carboxylic acids is 2. The summed E-state index contributed by atoms with van der Waals surface area (Å²) in [6, 6.07) is 9.04. The monoisotopic (exact) mass is 357 g/mol. The van der Waals surface area contributed by atoms with E-state index in [-0.39, 0.29) is 17.9 Å². The maximum absolute atomic E-state index is 12.3. The molecule has 0 unspecified atom stereocenters. The Morgan fingerprint density at radius 3 is 2.69 bits per heavy atom. The summed E-state index contributed by atoms with van der Waals surface area (Å²) >= 11 is 0. The molecule has 1 saturated carbocycles. The van der Waals surface area contributed by atoms with Crippen molar-refractivity contribution < 1.29 is 18.8 Å². The normalized spacial score (nSPS) is 18.9. The maximum atomic E-state index is 12.3. The van der Waals surface area contributed by atoms with Crippen LogP contribution in [0.5, 0.6) is 0 Å². The first-order chi connectivity index (χ1) is 12.2. The fraction of sp³-hybridized carbons (Fsp3) is 0.421. The van der Waals surface area contributed by atoms with E-state index < -0.39 is 11.7 Å². The molecule has 2 N–H and O–H groups in total. The van der Waals surface area contributed by atoms with Crippen molar-refractivity contribution in [3.8, 4) is 0 Å². The van der Waals surface area contributed by atoms with Gasteiger partial charge in [0.05, 0.1) is 5.69 Å². The standard InChI is InChI=1S/C19H23N3O4/c1-11-8-16(26-22-11)21-17(23)13-7-5-6-12(9-13)14-10-15(14)20-18(24)25-19(2,3)4/h5-9,14-15H,10H2,1-4H3,(H,20,24)(H,21,23)/t14-,15+/m0/s1. The molecular formula is C19H23N3O4. The van der Waals surface area contributed by atoms with E-state index in [1.54, 1.807) is 19.1 Å². The minimum absolute atomic E-state index is 0.0279. The number of rotatable bonds is 4. The number of anilines is 1. The van der Waals surface area contributed by atoms with Gasteiger partial charge in [0.2, 0.25) is 5.88 Å². The van der Waals surface area contributed by atoms with Crippen molar-refractivity contribution in [3.63, 3.8) is 0 Å². The zero-order valence-electron chi connectivity index (χ0n) is 15.3. The van der Waals surface area contributed by atoms with Crippen LogP contribution in [0, 0.1) is 6.92 Å². The summed E-state index contributed by atoms with van der Waals surface area (Å²) in [7, 11) is 0. The molecule has 1 heterocycles. The summed E-state index contributed by atoms with van der Waals surface area (Å²) in [6.07, 6.45) is 0.408. The SMILES string of the molecule is Cc1cc(NC(=O)c2cccc([C@@H]3C[C@H]3NC(=O)OC(C)(C)C)c2)on1. The van der Waals surface area contributed by atoms with Gasteiger partial charge in [0, 0.05) is 23.6 Å². The van der Waals surface area contributed by atoms with Gasteiger partial charge in [0.1, 0.15) is 5.60 Å². The Balaban J connectivity index is 1.60. The number of alkyl carbamates (subject to hydrolysis) is 1. The third-order valence-corrected chi connectivity index (χ3v) is 3.93. The Hall–Kier alpha value is -2.83. The Labute approximate surface area is 152 Å². The molecule has 0 radical (unpaired) electrons. The van der Waals surface area contributed by atoms with Crippen LogP contribution in [0.15, 0.2) is 34.9 Å². The first kappa shape index (κ1) is 18.0. The molecule has 2 atom stereocenters. The molecule has 0 saturated heterocycles. The van der Waals surface area contributed by atoms with Crippen molar-refractivity contribution in [2.45, 2.75) is 51.7 Å². The smallest absolute Gasteiger partial charge is 0.407 e. The van der Waals surface area contributed by atoms with Crippen molar-refractivity contribution in [2.24, 2.45) is 0 Å². The fourth-order valence-corrected chi connectivity index (χ4v) is 2.70. The van der Waals surface area contributed by atoms with Gasteiger partial charge in [-0.25, -0.2) is 4.79 Å². The highest BCUT2D eigenvalue weighted by Crippen LogP contribution is 2.41. The topological polar surface area (TPSA) is 93.5 Å². The van der Waals surface area contributed by atoms with Gasteiger partial charge in [-0.2, -0.15) is 0 Å². The molecule has 1 aromatic carbocycles. The molecule has 1 aliphatic carbocycles. The molecule has 1 aliphatic rings. The van der Waals surface area contributed by atoms with E-state index in [9.17, 15) is 9.59 Å². The summed E-state index contributed by atoms with van der Waals surface area (Å²) in [5, 5.41) is 9.28. The van der Waals surface area contributed by atoms with Crippen LogP contribution in [0.3, 0.4) is 0 Å². The highest BCUT2D eigenvalue weighted by atomic mass is 16.6. The third kappa shape index (κ3) is 4.62. The molecule has 0 spiro atoms. The molecule has 0 aliphatic heterocycles. The third-order valence-electron chi connectivity index (χ3n) is 3.93. The molecule has 138 valence electrons. The summed E-state index contributed by atoms with van der Waals surface area (Å²) in [4.78, 5) is 24.2. The Kier molecular flexibility index (Phi) is 4.71. The lowest BCUT2D eigenvalue weighted by molar-refractivity contribution is 0.0522. The fourth-order valence-electron chi connectivity index (χ4n) is 2.70. The molecule has 2 aromatic rings. The number of nitrogens with zero attached hydrogens (tertiary/aromatic N) is 1. The summed E-state index contributed by atoms with van der Waals surface area (Å²) in [5.74, 6) is 0.233. The molecular weight excluding hydrogens is 334 g/mol. The van der Waals surface area contributed by atoms with Crippen LogP contribution in [-0.4, -0.2) is 28.8 Å². The van der Waals surface area contributed by atoms with E-state index in [0.717, 1.165) is 12.0 Å². The Bertz CT molecular complexity index is 822. The van der Waals surface area contributed by atoms with E-state index in [1.165, 1.54) is 0 Å². The molecule has 26 heavy (non-hydrogen) atoms. The van der Waals surface area contributed by atoms with Crippen LogP contribution in [-0.2, 0) is 4.74 Å². The quantitative estimate of drug-likeness (QED) is 0.872. The van der Waals surface area contributed by atoms with Crippen LogP contribution in [0.1, 0.15) is 54.7 Å². The molecule has 1 fully saturated rings. The Morgan fingerprint density at radius 2 is 2.04 bits per heavy atom. The molecule has 7 heteroatoms. The first-order valence-corrected chi connectivity index (χ1v) is 8.55. The van der Waals surface area contributed by atoms with E-state index >= 15 is 0 Å². The number of benzene rings is 1. The number of hydrogen-bond donors (Lipinski definition) is 2. The van der Waals surface area contributed by atoms with Crippen LogP contribution in [0.4, 0.5) is 10.7 Å². The van der Waals surface area contributed by atoms with Gasteiger partial charge in [-0.05, 0) is 51.8 Å². The van der Waals surface area contributed by atoms with Gasteiger partial charge in [-0.15, -0.1) is 0 Å². The number of aryl methyl sites for hydroxylation is 1. The van der Waals surface area contributed by atoms with Gasteiger partial charge in [0.25, 0.3) is 5.91 Å². The van der Waals surface area contributed by atoms with Gasteiger partial charge < -0.3 is 14.6 Å². The number of ether oxygens (including phenoxy) is 1. The van der Waals surface area contributed by atoms with Crippen LogP contribution < -0.4 is 10.6 Å². The summed E-state index contributed by atoms with van der Waals surface area (Å²) in [6.45, 7) is 7.27. The molecule has 7 nitrogen and oxygen atoms in total. The lowest BCUT2D eigenvalue weighted by Gasteiger charge is -2.19. The molecule has 1 aromatic heterocycles. The second-order valence-electron chi connectivity index (χ2n) is 7.51. The minimum atomic E-state index is -0.522. The second-order valence-corrected chi connectivity index (χ2v) is 7.51. The average Bonchev–Trinajstić information content (AvgIpc) is 3.18. The van der Waals surface area contributed by atoms with E-state index in [0.29, 0.717) is 17.1 Å². The zero-order chi connectivity index (χ0) is 18.9. The summed E-state index contributed by atoms with van der Waals surface area (Å²) < 4.78 is 10.3. The largest absolute Gasteiger partial charge is 0.444 e. The van der Waals surface area contributed by atoms with Crippen molar-refractivity contribution in [3.05, 3.63) is 47.2 Å². The Morgan fingerprint density at radius 1 is 1.27 bits per heavy atom. The van der Waals surface area contributed by atoms with Crippen molar-refractivity contribution in [1.29, 1.82) is 0 Å². The van der Waals surface area contributed by atoms with Crippen molar-refractivity contribution in [1.82, 2.24) is 10.5 Å². The zero-order valence-corrected chi connectivity index (χ0v) is 15.3. The van der Waals surface area contributed by atoms with Crippen LogP contribution in [0.2, 0.25) is 0 Å². The molecule has 3 rings (SSSR count). The highest BCUT2D eigenvalue weighted by Gasteiger charge is 2.40. The number of hydrogen-bond acceptors (Lipinski definition) is 5. The predicted octanol–water partition coefficient (Wildman–Crippen LogP) is 3.62.